The number of rotatable bonds is 13. The highest BCUT2D eigenvalue weighted by atomic mass is 16.6. The molecule has 1 aliphatic heterocycles. The number of allylic oxidation sites excluding steroid dienone is 1. The molecule has 1 aromatic heterocycles. The molecule has 3 aromatic carbocycles. The van der Waals surface area contributed by atoms with Crippen LogP contribution in [0.15, 0.2) is 83.1 Å². The number of hydrogen-bond acceptors (Lipinski definition) is 10. The van der Waals surface area contributed by atoms with Crippen LogP contribution in [0.1, 0.15) is 42.3 Å². The molecule has 1 aliphatic rings. The number of nitrogens with zero attached hydrogens (tertiary/aromatic N) is 3. The first kappa shape index (κ1) is 33.5. The molecule has 14 heteroatoms. The van der Waals surface area contributed by atoms with Crippen molar-refractivity contribution in [2.45, 2.75) is 39.6 Å². The van der Waals surface area contributed by atoms with Crippen LogP contribution in [0.4, 0.5) is 10.5 Å². The first-order valence-corrected chi connectivity index (χ1v) is 15.1. The number of aromatic nitrogens is 1. The summed E-state index contributed by atoms with van der Waals surface area (Å²) in [7, 11) is 1.27. The van der Waals surface area contributed by atoms with E-state index >= 15 is 0 Å². The van der Waals surface area contributed by atoms with Gasteiger partial charge in [0.25, 0.3) is 5.69 Å². The number of carbonyl (C=O) groups is 2. The molecule has 14 nitrogen and oxygen atoms in total. The van der Waals surface area contributed by atoms with Crippen LogP contribution in [-0.4, -0.2) is 59.4 Å². The molecule has 5 rings (SSSR count). The summed E-state index contributed by atoms with van der Waals surface area (Å²) in [6.07, 6.45) is 0.458. The molecule has 0 saturated heterocycles. The Bertz CT molecular complexity index is 1900. The summed E-state index contributed by atoms with van der Waals surface area (Å²) in [4.78, 5) is 35.3. The van der Waals surface area contributed by atoms with E-state index in [4.69, 9.17) is 14.2 Å². The van der Waals surface area contributed by atoms with E-state index < -0.39 is 29.2 Å². The van der Waals surface area contributed by atoms with E-state index in [9.17, 15) is 24.8 Å². The fourth-order valence-corrected chi connectivity index (χ4v) is 5.54. The van der Waals surface area contributed by atoms with Crippen molar-refractivity contribution in [3.63, 3.8) is 0 Å². The van der Waals surface area contributed by atoms with Crippen molar-refractivity contribution in [2.24, 2.45) is 5.10 Å². The van der Waals surface area contributed by atoms with Gasteiger partial charge in [0.1, 0.15) is 6.61 Å². The average Bonchev–Trinajstić information content (AvgIpc) is 3.33. The molecule has 4 N–H and O–H groups in total. The number of fused-ring (bicyclic) bond motifs is 1. The van der Waals surface area contributed by atoms with Crippen molar-refractivity contribution in [1.82, 2.24) is 20.6 Å². The van der Waals surface area contributed by atoms with Gasteiger partial charge in [-0.05, 0) is 50.1 Å². The quantitative estimate of drug-likeness (QED) is 0.0533. The summed E-state index contributed by atoms with van der Waals surface area (Å²) >= 11 is 0. The number of urea groups is 1. The van der Waals surface area contributed by atoms with E-state index in [0.717, 1.165) is 27.7 Å². The molecular formula is C34H36N6O8. The minimum absolute atomic E-state index is 0.0364. The van der Waals surface area contributed by atoms with Gasteiger partial charge in [0.15, 0.2) is 17.7 Å². The monoisotopic (exact) mass is 656 g/mol. The van der Waals surface area contributed by atoms with Crippen LogP contribution in [0.25, 0.3) is 10.9 Å². The van der Waals surface area contributed by atoms with Gasteiger partial charge in [-0.1, -0.05) is 36.4 Å². The Morgan fingerprint density at radius 2 is 1.88 bits per heavy atom. The van der Waals surface area contributed by atoms with Crippen molar-refractivity contribution in [2.75, 3.05) is 20.3 Å². The van der Waals surface area contributed by atoms with Crippen molar-refractivity contribution < 1.29 is 33.8 Å². The van der Waals surface area contributed by atoms with E-state index in [1.54, 1.807) is 43.5 Å². The van der Waals surface area contributed by atoms with Crippen molar-refractivity contribution in [3.8, 4) is 11.5 Å². The van der Waals surface area contributed by atoms with Gasteiger partial charge < -0.3 is 34.5 Å². The minimum Gasteiger partial charge on any atom is -0.490 e. The van der Waals surface area contributed by atoms with Crippen LogP contribution in [0.2, 0.25) is 0 Å². The summed E-state index contributed by atoms with van der Waals surface area (Å²) in [6, 6.07) is 18.1. The average molecular weight is 657 g/mol. The SMILES string of the molecule is CCOc1cc([C@@H]2NC(=O)NC(C)=C2C(=O)OC)ccc1OC[C@H](O)N/N=C\c1c(C)n(Cc2ccc([N+](=O)[O-])cc2)c2ccccc12. The molecule has 2 heterocycles. The number of carbonyl (C=O) groups excluding carboxylic acids is 2. The molecule has 0 radical (unpaired) electrons. The summed E-state index contributed by atoms with van der Waals surface area (Å²) in [5, 5.41) is 32.3. The smallest absolute Gasteiger partial charge is 0.337 e. The number of nitro benzene ring substituents is 1. The van der Waals surface area contributed by atoms with Gasteiger partial charge in [-0.15, -0.1) is 0 Å². The predicted molar refractivity (Wildman–Crippen MR) is 178 cm³/mol. The highest BCUT2D eigenvalue weighted by molar-refractivity contribution is 6.01. The van der Waals surface area contributed by atoms with Crippen LogP contribution < -0.4 is 25.5 Å². The molecular weight excluding hydrogens is 620 g/mol. The number of benzene rings is 3. The number of para-hydroxylation sites is 1. The topological polar surface area (TPSA) is 179 Å². The number of nitrogens with one attached hydrogen (secondary N) is 3. The second-order valence-electron chi connectivity index (χ2n) is 10.9. The Labute approximate surface area is 276 Å². The van der Waals surface area contributed by atoms with Gasteiger partial charge in [0.05, 0.1) is 36.5 Å². The lowest BCUT2D eigenvalue weighted by Gasteiger charge is -2.28. The lowest BCUT2D eigenvalue weighted by molar-refractivity contribution is -0.384. The third kappa shape index (κ3) is 7.23. The molecule has 0 fully saturated rings. The van der Waals surface area contributed by atoms with Gasteiger partial charge in [0, 0.05) is 46.5 Å². The molecule has 0 unspecified atom stereocenters. The van der Waals surface area contributed by atoms with Gasteiger partial charge in [0.2, 0.25) is 0 Å². The molecule has 2 amide bonds. The summed E-state index contributed by atoms with van der Waals surface area (Å²) in [6.45, 7) is 6.05. The van der Waals surface area contributed by atoms with E-state index in [1.165, 1.54) is 19.2 Å². The fourth-order valence-electron chi connectivity index (χ4n) is 5.54. The Kier molecular flexibility index (Phi) is 10.2. The molecule has 250 valence electrons. The lowest BCUT2D eigenvalue weighted by atomic mass is 9.95. The van der Waals surface area contributed by atoms with Gasteiger partial charge >= 0.3 is 12.0 Å². The molecule has 0 spiro atoms. The van der Waals surface area contributed by atoms with Gasteiger partial charge in [-0.3, -0.25) is 15.5 Å². The molecule has 48 heavy (non-hydrogen) atoms. The van der Waals surface area contributed by atoms with Crippen LogP contribution in [0, 0.1) is 17.0 Å². The first-order chi connectivity index (χ1) is 23.1. The van der Waals surface area contributed by atoms with Crippen molar-refractivity contribution in [1.29, 1.82) is 0 Å². The highest BCUT2D eigenvalue weighted by Gasteiger charge is 2.32. The number of amides is 2. The number of hydrazone groups is 1. The summed E-state index contributed by atoms with van der Waals surface area (Å²) in [5.74, 6) is 0.121. The Morgan fingerprint density at radius 1 is 1.12 bits per heavy atom. The second-order valence-corrected chi connectivity index (χ2v) is 10.9. The summed E-state index contributed by atoms with van der Waals surface area (Å²) in [5.41, 5.74) is 7.61. The zero-order valence-electron chi connectivity index (χ0n) is 26.9. The third-order valence-corrected chi connectivity index (χ3v) is 7.86. The van der Waals surface area contributed by atoms with Gasteiger partial charge in [-0.25, -0.2) is 9.59 Å². The number of hydrogen-bond donors (Lipinski definition) is 4. The first-order valence-electron chi connectivity index (χ1n) is 15.1. The number of esters is 1. The normalized spacial score (nSPS) is 15.2. The standard InChI is InChI=1S/C34H36N6O8/c1-5-47-29-16-23(32-31(33(42)46-4)20(2)36-34(43)37-32)12-15-28(29)48-19-30(41)38-35-17-26-21(3)39(27-9-7-6-8-25(26)27)18-22-10-13-24(14-11-22)40(44)45/h6-17,30,32,38,41H,5,18-19H2,1-4H3,(H2,36,37,43)/b35-17-/t30-,32-/m0/s1. The molecule has 2 atom stereocenters. The maximum Gasteiger partial charge on any atom is 0.337 e. The van der Waals surface area contributed by atoms with Crippen molar-refractivity contribution >= 4 is 34.8 Å². The van der Waals surface area contributed by atoms with Crippen LogP contribution >= 0.6 is 0 Å². The largest absolute Gasteiger partial charge is 0.490 e. The second kappa shape index (κ2) is 14.7. The maximum absolute atomic E-state index is 12.5. The van der Waals surface area contributed by atoms with Crippen LogP contribution in [0.5, 0.6) is 11.5 Å². The number of ether oxygens (including phenoxy) is 3. The minimum atomic E-state index is -1.18. The Morgan fingerprint density at radius 3 is 2.58 bits per heavy atom. The molecule has 0 aliphatic carbocycles. The van der Waals surface area contributed by atoms with E-state index in [0.29, 0.717) is 35.9 Å². The fraction of sp³-hybridized carbons (Fsp3) is 0.265. The number of non-ortho nitro benzene ring substituents is 1. The van der Waals surface area contributed by atoms with E-state index in [2.05, 4.69) is 25.7 Å². The van der Waals surface area contributed by atoms with E-state index in [1.807, 2.05) is 38.1 Å². The Balaban J connectivity index is 1.28. The lowest BCUT2D eigenvalue weighted by Crippen LogP contribution is -2.45. The number of methoxy groups -OCH3 is 1. The van der Waals surface area contributed by atoms with Crippen LogP contribution in [0.3, 0.4) is 0 Å². The third-order valence-electron chi connectivity index (χ3n) is 7.86. The molecule has 0 bridgehead atoms. The number of aliphatic hydroxyl groups is 1. The maximum atomic E-state index is 12.5. The number of aliphatic hydroxyl groups excluding tert-OH is 1. The highest BCUT2D eigenvalue weighted by Crippen LogP contribution is 2.35. The molecule has 0 saturated carbocycles. The molecule has 4 aromatic rings. The zero-order chi connectivity index (χ0) is 34.4. The zero-order valence-corrected chi connectivity index (χ0v) is 26.9. The van der Waals surface area contributed by atoms with Crippen LogP contribution in [-0.2, 0) is 16.1 Å². The Hall–Kier alpha value is -5.89. The number of nitro groups is 1. The van der Waals surface area contributed by atoms with E-state index in [-0.39, 0.29) is 17.9 Å². The summed E-state index contributed by atoms with van der Waals surface area (Å²) < 4.78 is 18.7. The van der Waals surface area contributed by atoms with Crippen molar-refractivity contribution in [3.05, 3.63) is 110 Å². The predicted octanol–water partition coefficient (Wildman–Crippen LogP) is 4.43. The van der Waals surface area contributed by atoms with Gasteiger partial charge in [-0.2, -0.15) is 5.10 Å².